The van der Waals surface area contributed by atoms with Crippen molar-refractivity contribution in [2.75, 3.05) is 11.5 Å². The predicted octanol–water partition coefficient (Wildman–Crippen LogP) is 2.18. The van der Waals surface area contributed by atoms with Gasteiger partial charge in [0.05, 0.1) is 22.1 Å². The molecule has 10 nitrogen and oxygen atoms in total. The number of aromatic amines is 2. The molecule has 0 aliphatic carbocycles. The van der Waals surface area contributed by atoms with Gasteiger partial charge in [0.25, 0.3) is 0 Å². The number of H-pyrrole nitrogens is 2. The summed E-state index contributed by atoms with van der Waals surface area (Å²) in [6, 6.07) is 15.2. The maximum absolute atomic E-state index is 5.65. The second-order valence-electron chi connectivity index (χ2n) is 6.04. The summed E-state index contributed by atoms with van der Waals surface area (Å²) in [5.41, 5.74) is 17.0. The van der Waals surface area contributed by atoms with Gasteiger partial charge in [0.2, 0.25) is 11.3 Å². The minimum Gasteiger partial charge on any atom is -0.382 e. The smallest absolute Gasteiger partial charge is 0.202 e. The molecular formula is C18H14N10. The van der Waals surface area contributed by atoms with Crippen LogP contribution in [0.15, 0.2) is 48.5 Å². The molecule has 0 atom stereocenters. The number of nitrogens with one attached hydrogen (secondary N) is 2. The zero-order valence-corrected chi connectivity index (χ0v) is 14.5. The van der Waals surface area contributed by atoms with Crippen LogP contribution >= 0.6 is 0 Å². The fraction of sp³-hybridized carbons (Fsp3) is 0. The predicted molar refractivity (Wildman–Crippen MR) is 107 cm³/mol. The number of fused-ring (bicyclic) bond motifs is 4. The molecule has 0 spiro atoms. The maximum atomic E-state index is 5.65. The summed E-state index contributed by atoms with van der Waals surface area (Å²) in [5, 5.41) is 13.2. The largest absolute Gasteiger partial charge is 0.382 e. The van der Waals surface area contributed by atoms with Gasteiger partial charge in [-0.15, -0.1) is 0 Å². The molecule has 136 valence electrons. The van der Waals surface area contributed by atoms with Crippen LogP contribution in [-0.4, -0.2) is 40.3 Å². The third-order valence-corrected chi connectivity index (χ3v) is 4.18. The standard InChI is InChI=1S/2C9H7N5/c2*10-8-7-9(14-13-8)12-6-4-2-1-3-5(6)11-7/h2*1-4H,(H3,10,12,13,14). The van der Waals surface area contributed by atoms with Gasteiger partial charge < -0.3 is 11.5 Å². The van der Waals surface area contributed by atoms with Crippen molar-refractivity contribution >= 4 is 56.0 Å². The van der Waals surface area contributed by atoms with Crippen LogP contribution in [0.4, 0.5) is 11.6 Å². The number of benzene rings is 2. The molecule has 4 heterocycles. The molecule has 0 saturated carbocycles. The minimum absolute atomic E-state index is 0.457. The highest BCUT2D eigenvalue weighted by Gasteiger charge is 2.07. The fourth-order valence-electron chi connectivity index (χ4n) is 2.83. The molecule has 2 aromatic carbocycles. The highest BCUT2D eigenvalue weighted by Crippen LogP contribution is 2.18. The average Bonchev–Trinajstić information content (AvgIpc) is 3.28. The summed E-state index contributed by atoms with van der Waals surface area (Å²) in [6.45, 7) is 0. The maximum Gasteiger partial charge on any atom is 0.202 e. The molecule has 0 aliphatic heterocycles. The van der Waals surface area contributed by atoms with E-state index < -0.39 is 0 Å². The van der Waals surface area contributed by atoms with E-state index in [1.807, 2.05) is 48.5 Å². The van der Waals surface area contributed by atoms with E-state index in [9.17, 15) is 0 Å². The Morgan fingerprint density at radius 3 is 1.29 bits per heavy atom. The Labute approximate surface area is 157 Å². The SMILES string of the molecule is Nc1[nH]nc2nc3ccccc3nc12.Nc1[nH]nc2nc3ccccc3nc12. The van der Waals surface area contributed by atoms with Crippen LogP contribution in [0.5, 0.6) is 0 Å². The van der Waals surface area contributed by atoms with E-state index >= 15 is 0 Å². The average molecular weight is 370 g/mol. The van der Waals surface area contributed by atoms with Crippen LogP contribution in [0, 0.1) is 0 Å². The van der Waals surface area contributed by atoms with E-state index in [-0.39, 0.29) is 0 Å². The van der Waals surface area contributed by atoms with Crippen molar-refractivity contribution in [1.29, 1.82) is 0 Å². The van der Waals surface area contributed by atoms with Crippen LogP contribution in [0.3, 0.4) is 0 Å². The Hall–Kier alpha value is -4.34. The van der Waals surface area contributed by atoms with Gasteiger partial charge in [-0.05, 0) is 24.3 Å². The fourth-order valence-corrected chi connectivity index (χ4v) is 2.83. The van der Waals surface area contributed by atoms with Crippen molar-refractivity contribution in [2.24, 2.45) is 0 Å². The first-order chi connectivity index (χ1) is 13.7. The lowest BCUT2D eigenvalue weighted by Gasteiger charge is -1.94. The monoisotopic (exact) mass is 370 g/mol. The van der Waals surface area contributed by atoms with Crippen molar-refractivity contribution in [3.05, 3.63) is 48.5 Å². The van der Waals surface area contributed by atoms with Gasteiger partial charge in [0.1, 0.15) is 11.6 Å². The van der Waals surface area contributed by atoms with Crippen molar-refractivity contribution in [3.63, 3.8) is 0 Å². The molecule has 10 heteroatoms. The highest BCUT2D eigenvalue weighted by atomic mass is 15.2. The van der Waals surface area contributed by atoms with Gasteiger partial charge in [-0.25, -0.2) is 19.9 Å². The Morgan fingerprint density at radius 1 is 0.536 bits per heavy atom. The number of rotatable bonds is 0. The Balaban J connectivity index is 0.000000122. The van der Waals surface area contributed by atoms with Gasteiger partial charge >= 0.3 is 0 Å². The molecule has 28 heavy (non-hydrogen) atoms. The summed E-state index contributed by atoms with van der Waals surface area (Å²) in [4.78, 5) is 17.3. The van der Waals surface area contributed by atoms with Crippen molar-refractivity contribution < 1.29 is 0 Å². The number of para-hydroxylation sites is 4. The van der Waals surface area contributed by atoms with Gasteiger partial charge in [-0.2, -0.15) is 10.2 Å². The van der Waals surface area contributed by atoms with E-state index in [0.717, 1.165) is 22.1 Å². The van der Waals surface area contributed by atoms with Crippen LogP contribution < -0.4 is 11.5 Å². The number of hydrogen-bond donors (Lipinski definition) is 4. The molecule has 0 amide bonds. The van der Waals surface area contributed by atoms with Crippen molar-refractivity contribution in [1.82, 2.24) is 40.3 Å². The second kappa shape index (κ2) is 6.13. The number of hydrogen-bond acceptors (Lipinski definition) is 8. The van der Waals surface area contributed by atoms with E-state index in [0.29, 0.717) is 34.0 Å². The number of anilines is 2. The van der Waals surface area contributed by atoms with Crippen LogP contribution in [-0.2, 0) is 0 Å². The molecule has 6 N–H and O–H groups in total. The summed E-state index contributed by atoms with van der Waals surface area (Å²) in [6.07, 6.45) is 0. The molecule has 4 aromatic heterocycles. The lowest BCUT2D eigenvalue weighted by atomic mass is 10.3. The summed E-state index contributed by atoms with van der Waals surface area (Å²) < 4.78 is 0. The number of nitrogen functional groups attached to an aromatic ring is 2. The summed E-state index contributed by atoms with van der Waals surface area (Å²) in [5.74, 6) is 0.913. The van der Waals surface area contributed by atoms with E-state index in [1.165, 1.54) is 0 Å². The molecule has 0 aliphatic rings. The van der Waals surface area contributed by atoms with Crippen LogP contribution in [0.1, 0.15) is 0 Å². The van der Waals surface area contributed by atoms with E-state index in [4.69, 9.17) is 11.5 Å². The number of nitrogens with two attached hydrogens (primary N) is 2. The normalized spacial score (nSPS) is 11.1. The Kier molecular flexibility index (Phi) is 3.47. The molecule has 6 aromatic rings. The first-order valence-electron chi connectivity index (χ1n) is 8.42. The zero-order chi connectivity index (χ0) is 19.1. The van der Waals surface area contributed by atoms with E-state index in [2.05, 4.69) is 40.3 Å². The third-order valence-electron chi connectivity index (χ3n) is 4.18. The topological polar surface area (TPSA) is 161 Å². The molecule has 0 bridgehead atoms. The second-order valence-corrected chi connectivity index (χ2v) is 6.04. The van der Waals surface area contributed by atoms with Gasteiger partial charge in [-0.3, -0.25) is 10.2 Å². The van der Waals surface area contributed by atoms with E-state index in [1.54, 1.807) is 0 Å². The molecule has 0 fully saturated rings. The molecule has 0 radical (unpaired) electrons. The van der Waals surface area contributed by atoms with Crippen molar-refractivity contribution in [3.8, 4) is 0 Å². The Morgan fingerprint density at radius 2 is 0.893 bits per heavy atom. The van der Waals surface area contributed by atoms with Crippen molar-refractivity contribution in [2.45, 2.75) is 0 Å². The lowest BCUT2D eigenvalue weighted by Crippen LogP contribution is -1.88. The molecule has 6 rings (SSSR count). The molecule has 0 saturated heterocycles. The number of nitrogens with zero attached hydrogens (tertiary/aromatic N) is 6. The first-order valence-corrected chi connectivity index (χ1v) is 8.42. The Bertz CT molecular complexity index is 1340. The summed E-state index contributed by atoms with van der Waals surface area (Å²) in [7, 11) is 0. The summed E-state index contributed by atoms with van der Waals surface area (Å²) >= 11 is 0. The van der Waals surface area contributed by atoms with Gasteiger partial charge in [0.15, 0.2) is 11.0 Å². The van der Waals surface area contributed by atoms with Gasteiger partial charge in [0, 0.05) is 0 Å². The third kappa shape index (κ3) is 2.60. The highest BCUT2D eigenvalue weighted by molar-refractivity contribution is 5.90. The van der Waals surface area contributed by atoms with Crippen LogP contribution in [0.25, 0.3) is 44.4 Å². The lowest BCUT2D eigenvalue weighted by molar-refractivity contribution is 1.11. The van der Waals surface area contributed by atoms with Gasteiger partial charge in [-0.1, -0.05) is 24.3 Å². The minimum atomic E-state index is 0.457. The zero-order valence-electron chi connectivity index (χ0n) is 14.5. The quantitative estimate of drug-likeness (QED) is 0.316. The molecular weight excluding hydrogens is 356 g/mol. The molecule has 0 unspecified atom stereocenters. The van der Waals surface area contributed by atoms with Crippen LogP contribution in [0.2, 0.25) is 0 Å². The number of aromatic nitrogens is 8. The first kappa shape index (κ1) is 15.9.